The van der Waals surface area contributed by atoms with Gasteiger partial charge in [-0.1, -0.05) is 12.1 Å². The Hall–Kier alpha value is -1.39. The molecule has 1 aliphatic heterocycles. The summed E-state index contributed by atoms with van der Waals surface area (Å²) in [6.07, 6.45) is 1.09. The molecule has 0 amide bonds. The first-order valence-electron chi connectivity index (χ1n) is 6.58. The molecule has 96 valence electrons. The van der Waals surface area contributed by atoms with E-state index < -0.39 is 0 Å². The van der Waals surface area contributed by atoms with Crippen molar-refractivity contribution in [1.82, 2.24) is 14.5 Å². The minimum Gasteiger partial charge on any atom is -0.330 e. The molecule has 2 atom stereocenters. The fourth-order valence-corrected chi connectivity index (χ4v) is 2.87. The maximum Gasteiger partial charge on any atom is 0.126 e. The van der Waals surface area contributed by atoms with Gasteiger partial charge in [0.1, 0.15) is 5.82 Å². The third-order valence-corrected chi connectivity index (χ3v) is 4.00. The molecule has 0 radical (unpaired) electrons. The lowest BCUT2D eigenvalue weighted by Gasteiger charge is -2.23. The molecule has 0 bridgehead atoms. The quantitative estimate of drug-likeness (QED) is 0.874. The van der Waals surface area contributed by atoms with Crippen molar-refractivity contribution in [2.24, 2.45) is 12.8 Å². The predicted octanol–water partition coefficient (Wildman–Crippen LogP) is 1.67. The molecule has 4 nitrogen and oxygen atoms in total. The van der Waals surface area contributed by atoms with Crippen molar-refractivity contribution in [2.45, 2.75) is 25.4 Å². The van der Waals surface area contributed by atoms with Gasteiger partial charge in [-0.2, -0.15) is 0 Å². The van der Waals surface area contributed by atoms with Gasteiger partial charge in [0.15, 0.2) is 0 Å². The lowest BCUT2D eigenvalue weighted by Crippen LogP contribution is -2.30. The number of benzene rings is 1. The summed E-state index contributed by atoms with van der Waals surface area (Å²) in [4.78, 5) is 7.18. The molecular weight excluding hydrogens is 224 g/mol. The number of hydrogen-bond acceptors (Lipinski definition) is 3. The maximum atomic E-state index is 5.99. The summed E-state index contributed by atoms with van der Waals surface area (Å²) in [6, 6.07) is 8.94. The number of fused-ring (bicyclic) bond motifs is 1. The van der Waals surface area contributed by atoms with Gasteiger partial charge < -0.3 is 10.3 Å². The van der Waals surface area contributed by atoms with Gasteiger partial charge in [-0.15, -0.1) is 0 Å². The third-order valence-electron chi connectivity index (χ3n) is 4.00. The van der Waals surface area contributed by atoms with Crippen LogP contribution in [0.25, 0.3) is 11.0 Å². The average Bonchev–Trinajstić information content (AvgIpc) is 2.94. The highest BCUT2D eigenvalue weighted by Gasteiger charge is 2.27. The fourth-order valence-electron chi connectivity index (χ4n) is 2.87. The van der Waals surface area contributed by atoms with E-state index in [1.165, 1.54) is 5.52 Å². The van der Waals surface area contributed by atoms with E-state index in [4.69, 9.17) is 10.7 Å². The molecule has 0 saturated carbocycles. The molecule has 2 heterocycles. The second-order valence-corrected chi connectivity index (χ2v) is 5.24. The number of nitrogens with two attached hydrogens (primary N) is 1. The Morgan fingerprint density at radius 2 is 2.17 bits per heavy atom. The summed E-state index contributed by atoms with van der Waals surface area (Å²) in [7, 11) is 2.09. The highest BCUT2D eigenvalue weighted by atomic mass is 15.2. The molecule has 3 rings (SSSR count). The Bertz CT molecular complexity index is 560. The zero-order valence-corrected chi connectivity index (χ0v) is 11.0. The standard InChI is InChI=1S/C14H20N4/c1-10(18-8-7-11(15)9-18)14-16-12-5-3-4-6-13(12)17(14)2/h3-6,10-11H,7-9,15H2,1-2H3. The monoisotopic (exact) mass is 244 g/mol. The van der Waals surface area contributed by atoms with Gasteiger partial charge >= 0.3 is 0 Å². The van der Waals surface area contributed by atoms with Gasteiger partial charge in [0.25, 0.3) is 0 Å². The molecule has 0 spiro atoms. The van der Waals surface area contributed by atoms with Crippen LogP contribution < -0.4 is 5.73 Å². The molecule has 2 unspecified atom stereocenters. The van der Waals surface area contributed by atoms with Crippen LogP contribution in [0.15, 0.2) is 24.3 Å². The van der Waals surface area contributed by atoms with Crippen LogP contribution in [0.2, 0.25) is 0 Å². The highest BCUT2D eigenvalue weighted by Crippen LogP contribution is 2.26. The van der Waals surface area contributed by atoms with Crippen molar-refractivity contribution in [3.8, 4) is 0 Å². The van der Waals surface area contributed by atoms with Crippen molar-refractivity contribution in [3.63, 3.8) is 0 Å². The SMILES string of the molecule is CC(c1nc2ccccc2n1C)N1CCC(N)C1. The summed E-state index contributed by atoms with van der Waals surface area (Å²) in [6.45, 7) is 4.27. The molecule has 4 heteroatoms. The van der Waals surface area contributed by atoms with E-state index in [0.717, 1.165) is 30.9 Å². The second-order valence-electron chi connectivity index (χ2n) is 5.24. The topological polar surface area (TPSA) is 47.1 Å². The van der Waals surface area contributed by atoms with E-state index in [9.17, 15) is 0 Å². The van der Waals surface area contributed by atoms with Crippen LogP contribution in [0.3, 0.4) is 0 Å². The smallest absolute Gasteiger partial charge is 0.126 e. The van der Waals surface area contributed by atoms with E-state index in [2.05, 4.69) is 41.6 Å². The number of aryl methyl sites for hydroxylation is 1. The first-order chi connectivity index (χ1) is 8.66. The zero-order valence-electron chi connectivity index (χ0n) is 11.0. The highest BCUT2D eigenvalue weighted by molar-refractivity contribution is 5.75. The van der Waals surface area contributed by atoms with Gasteiger partial charge in [0.05, 0.1) is 17.1 Å². The Kier molecular flexibility index (Phi) is 2.84. The van der Waals surface area contributed by atoms with Crippen LogP contribution in [0.5, 0.6) is 0 Å². The molecule has 2 N–H and O–H groups in total. The Labute approximate surface area is 107 Å². The van der Waals surface area contributed by atoms with Gasteiger partial charge in [-0.05, 0) is 25.5 Å². The van der Waals surface area contributed by atoms with Crippen molar-refractivity contribution < 1.29 is 0 Å². The van der Waals surface area contributed by atoms with E-state index in [1.54, 1.807) is 0 Å². The van der Waals surface area contributed by atoms with Gasteiger partial charge in [0.2, 0.25) is 0 Å². The normalized spacial score (nSPS) is 22.7. The third kappa shape index (κ3) is 1.82. The summed E-state index contributed by atoms with van der Waals surface area (Å²) >= 11 is 0. The molecule has 2 aromatic rings. The van der Waals surface area contributed by atoms with Gasteiger partial charge in [0, 0.05) is 26.2 Å². The Balaban J connectivity index is 1.96. The number of hydrogen-bond donors (Lipinski definition) is 1. The Morgan fingerprint density at radius 1 is 1.39 bits per heavy atom. The van der Waals surface area contributed by atoms with E-state index in [0.29, 0.717) is 12.1 Å². The van der Waals surface area contributed by atoms with E-state index in [-0.39, 0.29) is 0 Å². The fraction of sp³-hybridized carbons (Fsp3) is 0.500. The molecule has 1 aromatic carbocycles. The molecule has 1 aliphatic rings. The minimum atomic E-state index is 0.321. The summed E-state index contributed by atoms with van der Waals surface area (Å²) in [5.74, 6) is 1.13. The molecule has 0 aliphatic carbocycles. The predicted molar refractivity (Wildman–Crippen MR) is 73.3 cm³/mol. The molecule has 1 aromatic heterocycles. The van der Waals surface area contributed by atoms with Crippen molar-refractivity contribution in [1.29, 1.82) is 0 Å². The van der Waals surface area contributed by atoms with E-state index in [1.807, 2.05) is 6.07 Å². The van der Waals surface area contributed by atoms with Crippen molar-refractivity contribution in [3.05, 3.63) is 30.1 Å². The van der Waals surface area contributed by atoms with Crippen LogP contribution in [0.1, 0.15) is 25.2 Å². The van der Waals surface area contributed by atoms with Crippen LogP contribution in [0, 0.1) is 0 Å². The lowest BCUT2D eigenvalue weighted by atomic mass is 10.3. The molecule has 1 fully saturated rings. The summed E-state index contributed by atoms with van der Waals surface area (Å²) < 4.78 is 2.20. The number of para-hydroxylation sites is 2. The lowest BCUT2D eigenvalue weighted by molar-refractivity contribution is 0.247. The van der Waals surface area contributed by atoms with E-state index >= 15 is 0 Å². The largest absolute Gasteiger partial charge is 0.330 e. The van der Waals surface area contributed by atoms with Crippen molar-refractivity contribution >= 4 is 11.0 Å². The van der Waals surface area contributed by atoms with Crippen LogP contribution in [-0.2, 0) is 7.05 Å². The van der Waals surface area contributed by atoms with Crippen molar-refractivity contribution in [2.75, 3.05) is 13.1 Å². The average molecular weight is 244 g/mol. The van der Waals surface area contributed by atoms with Crippen LogP contribution in [0.4, 0.5) is 0 Å². The van der Waals surface area contributed by atoms with Crippen LogP contribution >= 0.6 is 0 Å². The number of nitrogens with zero attached hydrogens (tertiary/aromatic N) is 3. The molecular formula is C14H20N4. The number of likely N-dealkylation sites (tertiary alicyclic amines) is 1. The first kappa shape index (κ1) is 11.7. The van der Waals surface area contributed by atoms with Crippen LogP contribution in [-0.4, -0.2) is 33.6 Å². The zero-order chi connectivity index (χ0) is 12.7. The summed E-state index contributed by atoms with van der Waals surface area (Å²) in [5, 5.41) is 0. The molecule has 18 heavy (non-hydrogen) atoms. The first-order valence-corrected chi connectivity index (χ1v) is 6.58. The summed E-state index contributed by atoms with van der Waals surface area (Å²) in [5.41, 5.74) is 8.26. The van der Waals surface area contributed by atoms with Gasteiger partial charge in [-0.25, -0.2) is 4.98 Å². The number of rotatable bonds is 2. The number of imidazole rings is 1. The van der Waals surface area contributed by atoms with Gasteiger partial charge in [-0.3, -0.25) is 4.90 Å². The minimum absolute atomic E-state index is 0.321. The second kappa shape index (κ2) is 4.37. The molecule has 1 saturated heterocycles. The Morgan fingerprint density at radius 3 is 2.83 bits per heavy atom. The maximum absolute atomic E-state index is 5.99. The number of aromatic nitrogens is 2.